The highest BCUT2D eigenvalue weighted by atomic mass is 16.3. The summed E-state index contributed by atoms with van der Waals surface area (Å²) in [6.45, 7) is 6.03. The van der Waals surface area contributed by atoms with Crippen LogP contribution < -0.4 is 5.73 Å². The van der Waals surface area contributed by atoms with Gasteiger partial charge in [0.05, 0.1) is 6.10 Å². The number of nitrogens with two attached hydrogens (primary N) is 1. The number of hydrogen-bond acceptors (Lipinski definition) is 5. The summed E-state index contributed by atoms with van der Waals surface area (Å²) in [5.74, 6) is 0.0239. The molecule has 2 fully saturated rings. The van der Waals surface area contributed by atoms with E-state index in [0.717, 1.165) is 44.6 Å². The van der Waals surface area contributed by atoms with Crippen molar-refractivity contribution in [1.29, 1.82) is 0 Å². The van der Waals surface area contributed by atoms with E-state index in [1.54, 1.807) is 6.20 Å². The van der Waals surface area contributed by atoms with Crippen molar-refractivity contribution < 1.29 is 9.90 Å². The van der Waals surface area contributed by atoms with Crippen LogP contribution in [0.4, 0.5) is 0 Å². The molecule has 1 aromatic rings. The highest BCUT2D eigenvalue weighted by molar-refractivity contribution is 5.79. The average molecular weight is 361 g/mol. The van der Waals surface area contributed by atoms with E-state index in [-0.39, 0.29) is 23.9 Å². The van der Waals surface area contributed by atoms with Gasteiger partial charge in [0.2, 0.25) is 5.91 Å². The van der Waals surface area contributed by atoms with Gasteiger partial charge in [0.25, 0.3) is 0 Å². The Morgan fingerprint density at radius 1 is 1.35 bits per heavy atom. The van der Waals surface area contributed by atoms with Crippen LogP contribution in [0.25, 0.3) is 0 Å². The number of hydrogen-bond donors (Lipinski definition) is 2. The van der Waals surface area contributed by atoms with Crippen LogP contribution in [0.5, 0.6) is 0 Å². The van der Waals surface area contributed by atoms with Gasteiger partial charge in [0, 0.05) is 55.9 Å². The van der Waals surface area contributed by atoms with Crippen LogP contribution in [-0.4, -0.2) is 70.2 Å². The molecule has 1 amide bonds. The van der Waals surface area contributed by atoms with Crippen LogP contribution in [0, 0.1) is 5.92 Å². The zero-order valence-electron chi connectivity index (χ0n) is 15.8. The molecule has 0 unspecified atom stereocenters. The van der Waals surface area contributed by atoms with Crippen molar-refractivity contribution in [3.8, 4) is 0 Å². The number of carbonyl (C=O) groups excluding carboxylic acids is 1. The molecule has 0 spiro atoms. The Kier molecular flexibility index (Phi) is 6.62. The van der Waals surface area contributed by atoms with Gasteiger partial charge in [-0.1, -0.05) is 13.0 Å². The third-order valence-corrected chi connectivity index (χ3v) is 5.99. The molecular weight excluding hydrogens is 328 g/mol. The van der Waals surface area contributed by atoms with Crippen molar-refractivity contribution in [3.05, 3.63) is 30.1 Å². The maximum atomic E-state index is 13.2. The maximum absolute atomic E-state index is 13.2. The van der Waals surface area contributed by atoms with Crippen LogP contribution in [0.1, 0.15) is 38.3 Å². The SMILES string of the molecule is CCN1CCC(N(CCc2ccccn2)C(=O)[C@H]2C[C@@H](N)[C@H](O)C2)CC1. The van der Waals surface area contributed by atoms with Gasteiger partial charge in [0.1, 0.15) is 0 Å². The maximum Gasteiger partial charge on any atom is 0.226 e. The number of likely N-dealkylation sites (tertiary alicyclic amines) is 1. The van der Waals surface area contributed by atoms with Gasteiger partial charge in [0.15, 0.2) is 0 Å². The number of piperidine rings is 1. The van der Waals surface area contributed by atoms with Crippen LogP contribution in [0.2, 0.25) is 0 Å². The fourth-order valence-electron chi connectivity index (χ4n) is 4.29. The van der Waals surface area contributed by atoms with Gasteiger partial charge in [-0.05, 0) is 44.4 Å². The zero-order chi connectivity index (χ0) is 18.5. The summed E-state index contributed by atoms with van der Waals surface area (Å²) in [6, 6.07) is 5.92. The molecule has 1 aliphatic carbocycles. The van der Waals surface area contributed by atoms with E-state index in [0.29, 0.717) is 19.4 Å². The molecule has 0 bridgehead atoms. The normalized spacial score (nSPS) is 27.6. The second kappa shape index (κ2) is 8.93. The highest BCUT2D eigenvalue weighted by Gasteiger charge is 2.38. The number of pyridine rings is 1. The number of carbonyl (C=O) groups is 1. The van der Waals surface area contributed by atoms with Gasteiger partial charge in [-0.25, -0.2) is 0 Å². The quantitative estimate of drug-likeness (QED) is 0.792. The Labute approximate surface area is 156 Å². The van der Waals surface area contributed by atoms with Crippen molar-refractivity contribution >= 4 is 5.91 Å². The predicted octanol–water partition coefficient (Wildman–Crippen LogP) is 1.04. The smallest absolute Gasteiger partial charge is 0.226 e. The molecule has 1 saturated heterocycles. The predicted molar refractivity (Wildman–Crippen MR) is 101 cm³/mol. The molecule has 144 valence electrons. The molecule has 3 N–H and O–H groups in total. The largest absolute Gasteiger partial charge is 0.391 e. The van der Waals surface area contributed by atoms with Gasteiger partial charge in [-0.2, -0.15) is 0 Å². The fourth-order valence-corrected chi connectivity index (χ4v) is 4.29. The Morgan fingerprint density at radius 2 is 2.12 bits per heavy atom. The molecular formula is C20H32N4O2. The molecule has 1 saturated carbocycles. The zero-order valence-corrected chi connectivity index (χ0v) is 15.8. The standard InChI is InChI=1S/C20H32N4O2/c1-2-23-10-7-17(8-11-23)24(12-6-16-5-3-4-9-22-16)20(26)15-13-18(21)19(25)14-15/h3-5,9,15,17-19,25H,2,6-8,10-14,21H2,1H3/t15-,18+,19+/m0/s1. The lowest BCUT2D eigenvalue weighted by Crippen LogP contribution is -2.49. The Morgan fingerprint density at radius 3 is 2.69 bits per heavy atom. The summed E-state index contributed by atoms with van der Waals surface area (Å²) in [4.78, 5) is 22.1. The number of aromatic nitrogens is 1. The molecule has 2 heterocycles. The van der Waals surface area contributed by atoms with Crippen molar-refractivity contribution in [3.63, 3.8) is 0 Å². The summed E-state index contributed by atoms with van der Waals surface area (Å²) >= 11 is 0. The Hall–Kier alpha value is -1.50. The van der Waals surface area contributed by atoms with Crippen LogP contribution in [0.3, 0.4) is 0 Å². The first-order chi connectivity index (χ1) is 12.6. The van der Waals surface area contributed by atoms with Crippen molar-refractivity contribution in [1.82, 2.24) is 14.8 Å². The number of aliphatic hydroxyl groups excluding tert-OH is 1. The van der Waals surface area contributed by atoms with Crippen LogP contribution >= 0.6 is 0 Å². The summed E-state index contributed by atoms with van der Waals surface area (Å²) in [6.07, 6.45) is 5.13. The van der Waals surface area contributed by atoms with Gasteiger partial charge < -0.3 is 20.6 Å². The average Bonchev–Trinajstić information content (AvgIpc) is 3.02. The summed E-state index contributed by atoms with van der Waals surface area (Å²) < 4.78 is 0. The lowest BCUT2D eigenvalue weighted by atomic mass is 9.98. The fraction of sp³-hybridized carbons (Fsp3) is 0.700. The lowest BCUT2D eigenvalue weighted by Gasteiger charge is -2.39. The molecule has 6 nitrogen and oxygen atoms in total. The first kappa shape index (κ1) is 19.3. The van der Waals surface area contributed by atoms with E-state index in [1.165, 1.54) is 0 Å². The minimum atomic E-state index is -0.552. The van der Waals surface area contributed by atoms with E-state index in [4.69, 9.17) is 5.73 Å². The first-order valence-corrected chi connectivity index (χ1v) is 9.95. The molecule has 1 aromatic heterocycles. The number of amides is 1. The molecule has 2 aliphatic rings. The van der Waals surface area contributed by atoms with Crippen LogP contribution in [0.15, 0.2) is 24.4 Å². The lowest BCUT2D eigenvalue weighted by molar-refractivity contribution is -0.139. The molecule has 6 heteroatoms. The molecule has 3 rings (SSSR count). The number of nitrogens with zero attached hydrogens (tertiary/aromatic N) is 3. The Balaban J connectivity index is 1.67. The third kappa shape index (κ3) is 4.61. The Bertz CT molecular complexity index is 564. The van der Waals surface area contributed by atoms with Crippen molar-refractivity contribution in [2.45, 2.75) is 57.2 Å². The number of rotatable bonds is 6. The second-order valence-electron chi connectivity index (χ2n) is 7.67. The van der Waals surface area contributed by atoms with Crippen molar-refractivity contribution in [2.75, 3.05) is 26.2 Å². The molecule has 1 aliphatic heterocycles. The van der Waals surface area contributed by atoms with Crippen molar-refractivity contribution in [2.24, 2.45) is 11.7 Å². The first-order valence-electron chi connectivity index (χ1n) is 9.95. The molecule has 26 heavy (non-hydrogen) atoms. The molecule has 3 atom stereocenters. The van der Waals surface area contributed by atoms with Gasteiger partial charge >= 0.3 is 0 Å². The minimum Gasteiger partial charge on any atom is -0.391 e. The van der Waals surface area contributed by atoms with E-state index in [1.807, 2.05) is 18.2 Å². The second-order valence-corrected chi connectivity index (χ2v) is 7.67. The minimum absolute atomic E-state index is 0.145. The van der Waals surface area contributed by atoms with Gasteiger partial charge in [-0.15, -0.1) is 0 Å². The summed E-state index contributed by atoms with van der Waals surface area (Å²) in [7, 11) is 0. The topological polar surface area (TPSA) is 82.7 Å². The van der Waals surface area contributed by atoms with E-state index >= 15 is 0 Å². The summed E-state index contributed by atoms with van der Waals surface area (Å²) in [5.41, 5.74) is 6.96. The highest BCUT2D eigenvalue weighted by Crippen LogP contribution is 2.29. The van der Waals surface area contributed by atoms with E-state index in [2.05, 4.69) is 21.7 Å². The van der Waals surface area contributed by atoms with E-state index < -0.39 is 6.10 Å². The monoisotopic (exact) mass is 360 g/mol. The third-order valence-electron chi connectivity index (χ3n) is 5.99. The molecule has 0 aromatic carbocycles. The summed E-state index contributed by atoms with van der Waals surface area (Å²) in [5, 5.41) is 9.97. The molecule has 0 radical (unpaired) electrons. The van der Waals surface area contributed by atoms with Crippen LogP contribution in [-0.2, 0) is 11.2 Å². The van der Waals surface area contributed by atoms with E-state index in [9.17, 15) is 9.90 Å². The number of aliphatic hydroxyl groups is 1. The van der Waals surface area contributed by atoms with Gasteiger partial charge in [-0.3, -0.25) is 9.78 Å².